The molecule has 4 rings (SSSR count). The molecule has 114 valence electrons. The first-order valence-electron chi connectivity index (χ1n) is 8.26. The number of carbonyl (C=O) groups excluding carboxylic acids is 1. The second-order valence-electron chi connectivity index (χ2n) is 7.03. The minimum Gasteiger partial charge on any atom is -0.464 e. The number of methoxy groups -OCH3 is 1. The first-order chi connectivity index (χ1) is 10.3. The van der Waals surface area contributed by atoms with Gasteiger partial charge >= 0.3 is 5.97 Å². The molecule has 3 fully saturated rings. The van der Waals surface area contributed by atoms with Gasteiger partial charge in [0, 0.05) is 18.3 Å². The van der Waals surface area contributed by atoms with Crippen LogP contribution in [-0.2, 0) is 11.3 Å². The fourth-order valence-electron chi connectivity index (χ4n) is 5.32. The van der Waals surface area contributed by atoms with Crippen LogP contribution < -0.4 is 5.32 Å². The van der Waals surface area contributed by atoms with Gasteiger partial charge < -0.3 is 15.0 Å². The van der Waals surface area contributed by atoms with Crippen LogP contribution in [0.2, 0.25) is 0 Å². The van der Waals surface area contributed by atoms with E-state index in [2.05, 4.69) is 10.3 Å². The molecular formula is C17H24N2O2. The summed E-state index contributed by atoms with van der Waals surface area (Å²) in [5.41, 5.74) is 1.61. The maximum atomic E-state index is 11.4. The third kappa shape index (κ3) is 2.20. The lowest BCUT2D eigenvalue weighted by atomic mass is 9.79. The van der Waals surface area contributed by atoms with Crippen molar-refractivity contribution in [1.82, 2.24) is 10.3 Å². The second-order valence-corrected chi connectivity index (χ2v) is 7.03. The summed E-state index contributed by atoms with van der Waals surface area (Å²) in [6.45, 7) is 0.822. The van der Waals surface area contributed by atoms with Crippen molar-refractivity contribution in [2.75, 3.05) is 7.11 Å². The van der Waals surface area contributed by atoms with Gasteiger partial charge in [-0.05, 0) is 61.5 Å². The van der Waals surface area contributed by atoms with Gasteiger partial charge in [-0.2, -0.15) is 0 Å². The number of H-pyrrole nitrogens is 1. The Balaban J connectivity index is 1.36. The lowest BCUT2D eigenvalue weighted by Crippen LogP contribution is -2.39. The standard InChI is InChI=1S/C17H24N2O2/c1-21-17(20)15-6-5-11(19-15)9-18-16-8-10-7-14(16)13-4-2-3-12(10)13/h5-6,10,12-14,16,18-19H,2-4,7-9H2,1H3. The minimum atomic E-state index is -0.296. The Bertz CT molecular complexity index is 539. The number of hydrogen-bond donors (Lipinski definition) is 2. The molecule has 3 aliphatic rings. The van der Waals surface area contributed by atoms with Crippen molar-refractivity contribution in [2.45, 2.75) is 44.7 Å². The third-order valence-corrected chi connectivity index (χ3v) is 6.14. The summed E-state index contributed by atoms with van der Waals surface area (Å²) in [7, 11) is 1.41. The van der Waals surface area contributed by atoms with E-state index in [0.717, 1.165) is 35.9 Å². The first kappa shape index (κ1) is 13.4. The molecule has 3 aliphatic carbocycles. The maximum absolute atomic E-state index is 11.4. The number of aromatic nitrogens is 1. The van der Waals surface area contributed by atoms with Crippen molar-refractivity contribution >= 4 is 5.97 Å². The van der Waals surface area contributed by atoms with E-state index in [1.54, 1.807) is 6.07 Å². The molecule has 0 aliphatic heterocycles. The Morgan fingerprint density at radius 1 is 1.29 bits per heavy atom. The third-order valence-electron chi connectivity index (χ3n) is 6.14. The van der Waals surface area contributed by atoms with Crippen LogP contribution in [0.3, 0.4) is 0 Å². The van der Waals surface area contributed by atoms with Gasteiger partial charge in [0.15, 0.2) is 0 Å². The minimum absolute atomic E-state index is 0.296. The monoisotopic (exact) mass is 288 g/mol. The highest BCUT2D eigenvalue weighted by Gasteiger charge is 2.53. The summed E-state index contributed by atoms with van der Waals surface area (Å²) >= 11 is 0. The number of nitrogens with one attached hydrogen (secondary N) is 2. The van der Waals surface area contributed by atoms with E-state index in [1.807, 2.05) is 6.07 Å². The van der Waals surface area contributed by atoms with Crippen LogP contribution in [0.1, 0.15) is 48.3 Å². The quantitative estimate of drug-likeness (QED) is 0.838. The van der Waals surface area contributed by atoms with Crippen LogP contribution in [0.4, 0.5) is 0 Å². The van der Waals surface area contributed by atoms with Crippen molar-refractivity contribution < 1.29 is 9.53 Å². The van der Waals surface area contributed by atoms with Crippen LogP contribution in [0.5, 0.6) is 0 Å². The summed E-state index contributed by atoms with van der Waals surface area (Å²) in [4.78, 5) is 14.6. The normalized spacial score (nSPS) is 36.9. The van der Waals surface area contributed by atoms with Crippen LogP contribution in [0.15, 0.2) is 12.1 Å². The molecule has 5 unspecified atom stereocenters. The number of fused-ring (bicyclic) bond motifs is 5. The van der Waals surface area contributed by atoms with Gasteiger partial charge in [-0.15, -0.1) is 0 Å². The van der Waals surface area contributed by atoms with E-state index in [1.165, 1.54) is 39.2 Å². The van der Waals surface area contributed by atoms with E-state index < -0.39 is 0 Å². The largest absolute Gasteiger partial charge is 0.464 e. The smallest absolute Gasteiger partial charge is 0.354 e. The molecule has 0 saturated heterocycles. The van der Waals surface area contributed by atoms with Gasteiger partial charge in [0.2, 0.25) is 0 Å². The van der Waals surface area contributed by atoms with E-state index in [4.69, 9.17) is 4.74 Å². The van der Waals surface area contributed by atoms with E-state index in [-0.39, 0.29) is 5.97 Å². The highest BCUT2D eigenvalue weighted by molar-refractivity contribution is 5.87. The highest BCUT2D eigenvalue weighted by Crippen LogP contribution is 2.58. The number of ether oxygens (including phenoxy) is 1. The number of carbonyl (C=O) groups is 1. The van der Waals surface area contributed by atoms with Gasteiger partial charge in [0.05, 0.1) is 7.11 Å². The zero-order valence-electron chi connectivity index (χ0n) is 12.6. The molecule has 2 bridgehead atoms. The Morgan fingerprint density at radius 3 is 3.00 bits per heavy atom. The zero-order valence-corrected chi connectivity index (χ0v) is 12.6. The summed E-state index contributed by atoms with van der Waals surface area (Å²) in [5.74, 6) is 3.63. The molecule has 3 saturated carbocycles. The van der Waals surface area contributed by atoms with Gasteiger partial charge in [-0.3, -0.25) is 0 Å². The molecule has 0 radical (unpaired) electrons. The van der Waals surface area contributed by atoms with Crippen LogP contribution in [0.25, 0.3) is 0 Å². The van der Waals surface area contributed by atoms with Crippen molar-refractivity contribution in [3.63, 3.8) is 0 Å². The lowest BCUT2D eigenvalue weighted by molar-refractivity contribution is 0.0594. The molecule has 4 nitrogen and oxygen atoms in total. The molecule has 21 heavy (non-hydrogen) atoms. The average Bonchev–Trinajstić information content (AvgIpc) is 3.23. The topological polar surface area (TPSA) is 54.1 Å². The lowest BCUT2D eigenvalue weighted by Gasteiger charge is -2.32. The highest BCUT2D eigenvalue weighted by atomic mass is 16.5. The molecule has 4 heteroatoms. The average molecular weight is 288 g/mol. The fraction of sp³-hybridized carbons (Fsp3) is 0.706. The van der Waals surface area contributed by atoms with Crippen LogP contribution in [-0.4, -0.2) is 24.1 Å². The molecule has 1 aromatic heterocycles. The fourth-order valence-corrected chi connectivity index (χ4v) is 5.32. The molecule has 5 atom stereocenters. The number of rotatable bonds is 4. The summed E-state index contributed by atoms with van der Waals surface area (Å²) in [6, 6.07) is 4.46. The predicted octanol–water partition coefficient (Wildman–Crippen LogP) is 2.72. The zero-order chi connectivity index (χ0) is 14.4. The van der Waals surface area contributed by atoms with Gasteiger partial charge in [0.25, 0.3) is 0 Å². The molecule has 2 N–H and O–H groups in total. The van der Waals surface area contributed by atoms with Gasteiger partial charge in [0.1, 0.15) is 5.69 Å². The van der Waals surface area contributed by atoms with Crippen molar-refractivity contribution in [2.24, 2.45) is 23.7 Å². The molecular weight excluding hydrogens is 264 g/mol. The Labute approximate surface area is 125 Å². The van der Waals surface area contributed by atoms with E-state index in [0.29, 0.717) is 11.7 Å². The predicted molar refractivity (Wildman–Crippen MR) is 79.8 cm³/mol. The van der Waals surface area contributed by atoms with Crippen molar-refractivity contribution in [3.05, 3.63) is 23.5 Å². The summed E-state index contributed by atoms with van der Waals surface area (Å²) in [6.07, 6.45) is 7.20. The number of hydrogen-bond acceptors (Lipinski definition) is 3. The Morgan fingerprint density at radius 2 is 2.14 bits per heavy atom. The molecule has 0 amide bonds. The summed E-state index contributed by atoms with van der Waals surface area (Å²) < 4.78 is 4.72. The van der Waals surface area contributed by atoms with Crippen LogP contribution in [0, 0.1) is 23.7 Å². The van der Waals surface area contributed by atoms with Crippen molar-refractivity contribution in [1.29, 1.82) is 0 Å². The maximum Gasteiger partial charge on any atom is 0.354 e. The van der Waals surface area contributed by atoms with E-state index >= 15 is 0 Å². The SMILES string of the molecule is COC(=O)c1ccc(CNC2CC3CC2C2CCCC32)[nH]1. The second kappa shape index (κ2) is 5.16. The van der Waals surface area contributed by atoms with E-state index in [9.17, 15) is 4.79 Å². The van der Waals surface area contributed by atoms with Gasteiger partial charge in [-0.25, -0.2) is 4.79 Å². The van der Waals surface area contributed by atoms with Gasteiger partial charge in [-0.1, -0.05) is 6.42 Å². The molecule has 0 aromatic carbocycles. The van der Waals surface area contributed by atoms with Crippen molar-refractivity contribution in [3.8, 4) is 0 Å². The Hall–Kier alpha value is -1.29. The molecule has 0 spiro atoms. The molecule has 1 heterocycles. The number of esters is 1. The summed E-state index contributed by atoms with van der Waals surface area (Å²) in [5, 5.41) is 3.73. The first-order valence-corrected chi connectivity index (χ1v) is 8.26. The number of aromatic amines is 1. The Kier molecular flexibility index (Phi) is 3.29. The molecule has 1 aromatic rings. The van der Waals surface area contributed by atoms with Crippen LogP contribution >= 0.6 is 0 Å².